The Hall–Kier alpha value is -1.76. The van der Waals surface area contributed by atoms with Gasteiger partial charge >= 0.3 is 6.09 Å². The van der Waals surface area contributed by atoms with Crippen molar-refractivity contribution in [2.75, 3.05) is 18.9 Å². The molecule has 1 aromatic carbocycles. The maximum Gasteiger partial charge on any atom is 0.407 e. The van der Waals surface area contributed by atoms with Crippen molar-refractivity contribution in [3.63, 3.8) is 0 Å². The van der Waals surface area contributed by atoms with E-state index in [9.17, 15) is 14.0 Å². The minimum Gasteiger partial charge on any atom is -0.450 e. The molecule has 140 valence electrons. The van der Waals surface area contributed by atoms with Crippen LogP contribution in [0, 0.1) is 11.7 Å². The zero-order chi connectivity index (χ0) is 18.7. The van der Waals surface area contributed by atoms with Gasteiger partial charge in [-0.05, 0) is 43.5 Å². The third-order valence-electron chi connectivity index (χ3n) is 3.31. The lowest BCUT2D eigenvalue weighted by atomic mass is 10.0. The zero-order valence-electron chi connectivity index (χ0n) is 15.0. The number of carbonyl (C=O) groups is 2. The Bertz CT molecular complexity index is 538. The first-order chi connectivity index (χ1) is 11.9. The molecular formula is C18H27FN2O3S. The Morgan fingerprint density at radius 2 is 1.92 bits per heavy atom. The molecule has 5 nitrogen and oxygen atoms in total. The van der Waals surface area contributed by atoms with Gasteiger partial charge in [0.1, 0.15) is 5.82 Å². The van der Waals surface area contributed by atoms with E-state index in [1.807, 2.05) is 0 Å². The molecular weight excluding hydrogens is 343 g/mol. The molecule has 0 aliphatic heterocycles. The fourth-order valence-corrected chi connectivity index (χ4v) is 3.07. The van der Waals surface area contributed by atoms with E-state index >= 15 is 0 Å². The van der Waals surface area contributed by atoms with E-state index < -0.39 is 6.09 Å². The number of thioether (sulfide) groups is 1. The summed E-state index contributed by atoms with van der Waals surface area (Å²) in [6.45, 7) is 6.55. The minimum absolute atomic E-state index is 0.0750. The van der Waals surface area contributed by atoms with E-state index in [2.05, 4.69) is 24.5 Å². The van der Waals surface area contributed by atoms with E-state index in [-0.39, 0.29) is 17.8 Å². The highest BCUT2D eigenvalue weighted by atomic mass is 32.2. The molecule has 25 heavy (non-hydrogen) atoms. The average Bonchev–Trinajstić information content (AvgIpc) is 2.54. The van der Waals surface area contributed by atoms with Gasteiger partial charge in [-0.15, -0.1) is 11.8 Å². The van der Waals surface area contributed by atoms with Crippen LogP contribution in [0.25, 0.3) is 0 Å². The number of hydrogen-bond acceptors (Lipinski definition) is 4. The van der Waals surface area contributed by atoms with Gasteiger partial charge in [-0.25, -0.2) is 9.18 Å². The average molecular weight is 370 g/mol. The topological polar surface area (TPSA) is 67.4 Å². The summed E-state index contributed by atoms with van der Waals surface area (Å²) in [5.41, 5.74) is 0. The van der Waals surface area contributed by atoms with E-state index in [0.29, 0.717) is 31.2 Å². The van der Waals surface area contributed by atoms with Crippen LogP contribution in [0.1, 0.15) is 33.6 Å². The van der Waals surface area contributed by atoms with Crippen molar-refractivity contribution in [2.45, 2.75) is 44.6 Å². The van der Waals surface area contributed by atoms with Gasteiger partial charge < -0.3 is 15.4 Å². The molecule has 0 aliphatic rings. The van der Waals surface area contributed by atoms with Gasteiger partial charge in [0, 0.05) is 29.7 Å². The van der Waals surface area contributed by atoms with Crippen LogP contribution in [-0.4, -0.2) is 36.9 Å². The van der Waals surface area contributed by atoms with Crippen LogP contribution in [0.4, 0.5) is 9.18 Å². The van der Waals surface area contributed by atoms with Gasteiger partial charge in [0.15, 0.2) is 0 Å². The number of nitrogens with one attached hydrogen (secondary N) is 2. The summed E-state index contributed by atoms with van der Waals surface area (Å²) >= 11 is 1.50. The molecule has 0 spiro atoms. The SMILES string of the molecule is CCOC(=O)NC(CNC(=O)CCSc1ccc(F)cc1)CC(C)C. The first-order valence-corrected chi connectivity index (χ1v) is 9.47. The number of alkyl carbamates (subject to hydrolysis) is 1. The number of benzene rings is 1. The van der Waals surface area contributed by atoms with Gasteiger partial charge in [-0.3, -0.25) is 4.79 Å². The van der Waals surface area contributed by atoms with Crippen LogP contribution in [0.3, 0.4) is 0 Å². The van der Waals surface area contributed by atoms with Crippen molar-refractivity contribution < 1.29 is 18.7 Å². The van der Waals surface area contributed by atoms with Crippen molar-refractivity contribution in [2.24, 2.45) is 5.92 Å². The number of halogens is 1. The Morgan fingerprint density at radius 3 is 2.52 bits per heavy atom. The maximum atomic E-state index is 12.8. The fraction of sp³-hybridized carbons (Fsp3) is 0.556. The Balaban J connectivity index is 2.32. The summed E-state index contributed by atoms with van der Waals surface area (Å²) in [7, 11) is 0. The maximum absolute atomic E-state index is 12.8. The van der Waals surface area contributed by atoms with Crippen LogP contribution in [0.5, 0.6) is 0 Å². The summed E-state index contributed by atoms with van der Waals surface area (Å²) in [6.07, 6.45) is 0.647. The molecule has 0 bridgehead atoms. The normalized spacial score (nSPS) is 11.9. The Morgan fingerprint density at radius 1 is 1.24 bits per heavy atom. The van der Waals surface area contributed by atoms with Crippen molar-refractivity contribution in [3.8, 4) is 0 Å². The quantitative estimate of drug-likeness (QED) is 0.618. The number of carbonyl (C=O) groups excluding carboxylic acids is 2. The van der Waals surface area contributed by atoms with Gasteiger partial charge in [0.25, 0.3) is 0 Å². The molecule has 0 saturated carbocycles. The van der Waals surface area contributed by atoms with Crippen molar-refractivity contribution >= 4 is 23.8 Å². The van der Waals surface area contributed by atoms with E-state index in [1.54, 1.807) is 19.1 Å². The molecule has 1 rings (SSSR count). The predicted molar refractivity (Wildman–Crippen MR) is 98.2 cm³/mol. The van der Waals surface area contributed by atoms with Crippen molar-refractivity contribution in [3.05, 3.63) is 30.1 Å². The first kappa shape index (κ1) is 21.3. The number of amides is 2. The summed E-state index contributed by atoms with van der Waals surface area (Å²) in [5, 5.41) is 5.62. The molecule has 1 atom stereocenters. The van der Waals surface area contributed by atoms with Gasteiger partial charge in [0.2, 0.25) is 5.91 Å². The highest BCUT2D eigenvalue weighted by Crippen LogP contribution is 2.18. The third-order valence-corrected chi connectivity index (χ3v) is 4.32. The lowest BCUT2D eigenvalue weighted by Crippen LogP contribution is -2.44. The number of hydrogen-bond donors (Lipinski definition) is 2. The van der Waals surface area contributed by atoms with Crippen molar-refractivity contribution in [1.29, 1.82) is 0 Å². The standard InChI is InChI=1S/C18H27FN2O3S/c1-4-24-18(23)21-15(11-13(2)3)12-20-17(22)9-10-25-16-7-5-14(19)6-8-16/h5-8,13,15H,4,9-12H2,1-3H3,(H,20,22)(H,21,23). The molecule has 2 N–H and O–H groups in total. The molecule has 0 aromatic heterocycles. The molecule has 1 aromatic rings. The highest BCUT2D eigenvalue weighted by Gasteiger charge is 2.15. The summed E-state index contributed by atoms with van der Waals surface area (Å²) in [4.78, 5) is 24.4. The van der Waals surface area contributed by atoms with Gasteiger partial charge in [-0.2, -0.15) is 0 Å². The summed E-state index contributed by atoms with van der Waals surface area (Å²) in [5.74, 6) is 0.650. The highest BCUT2D eigenvalue weighted by molar-refractivity contribution is 7.99. The molecule has 0 saturated heterocycles. The van der Waals surface area contributed by atoms with Gasteiger partial charge in [0.05, 0.1) is 6.61 Å². The molecule has 0 radical (unpaired) electrons. The Labute approximate surface area is 153 Å². The molecule has 1 unspecified atom stereocenters. The fourth-order valence-electron chi connectivity index (χ4n) is 2.22. The van der Waals surface area contributed by atoms with Crippen LogP contribution < -0.4 is 10.6 Å². The summed E-state index contributed by atoms with van der Waals surface area (Å²) in [6, 6.07) is 6.03. The van der Waals surface area contributed by atoms with Crippen LogP contribution >= 0.6 is 11.8 Å². The van der Waals surface area contributed by atoms with Crippen LogP contribution in [-0.2, 0) is 9.53 Å². The number of ether oxygens (including phenoxy) is 1. The zero-order valence-corrected chi connectivity index (χ0v) is 15.8. The molecule has 0 heterocycles. The van der Waals surface area contributed by atoms with Gasteiger partial charge in [-0.1, -0.05) is 13.8 Å². The first-order valence-electron chi connectivity index (χ1n) is 8.49. The third kappa shape index (κ3) is 9.96. The van der Waals surface area contributed by atoms with E-state index in [0.717, 1.165) is 11.3 Å². The van der Waals surface area contributed by atoms with Crippen molar-refractivity contribution in [1.82, 2.24) is 10.6 Å². The second-order valence-corrected chi connectivity index (χ2v) is 7.22. The minimum atomic E-state index is -0.464. The van der Waals surface area contributed by atoms with E-state index in [1.165, 1.54) is 23.9 Å². The van der Waals surface area contributed by atoms with E-state index in [4.69, 9.17) is 4.74 Å². The Kier molecular flexibility index (Phi) is 9.99. The molecule has 7 heteroatoms. The lowest BCUT2D eigenvalue weighted by molar-refractivity contribution is -0.120. The number of rotatable bonds is 10. The predicted octanol–water partition coefficient (Wildman–Crippen LogP) is 3.58. The second kappa shape index (κ2) is 11.7. The monoisotopic (exact) mass is 370 g/mol. The molecule has 2 amide bonds. The lowest BCUT2D eigenvalue weighted by Gasteiger charge is -2.20. The molecule has 0 fully saturated rings. The van der Waals surface area contributed by atoms with Crippen LogP contribution in [0.2, 0.25) is 0 Å². The molecule has 0 aliphatic carbocycles. The largest absolute Gasteiger partial charge is 0.450 e. The smallest absolute Gasteiger partial charge is 0.407 e. The second-order valence-electron chi connectivity index (χ2n) is 6.05. The summed E-state index contributed by atoms with van der Waals surface area (Å²) < 4.78 is 17.7. The van der Waals surface area contributed by atoms with Crippen LogP contribution in [0.15, 0.2) is 29.2 Å².